The van der Waals surface area contributed by atoms with Gasteiger partial charge in [-0.05, 0) is 24.1 Å². The van der Waals surface area contributed by atoms with Crippen LogP contribution in [0.3, 0.4) is 0 Å². The molecule has 0 radical (unpaired) electrons. The Balaban J connectivity index is 1.48. The Labute approximate surface area is 146 Å². The molecule has 0 saturated carbocycles. The highest BCUT2D eigenvalue weighted by Crippen LogP contribution is 2.18. The topological polar surface area (TPSA) is 76.4 Å². The van der Waals surface area contributed by atoms with Crippen molar-refractivity contribution in [1.29, 1.82) is 0 Å². The van der Waals surface area contributed by atoms with Gasteiger partial charge >= 0.3 is 0 Å². The van der Waals surface area contributed by atoms with E-state index in [2.05, 4.69) is 5.32 Å². The van der Waals surface area contributed by atoms with Crippen molar-refractivity contribution in [3.05, 3.63) is 72.0 Å². The quantitative estimate of drug-likeness (QED) is 0.659. The van der Waals surface area contributed by atoms with Gasteiger partial charge in [0.1, 0.15) is 5.58 Å². The summed E-state index contributed by atoms with van der Waals surface area (Å²) in [5.41, 5.74) is 1.42. The molecule has 2 aromatic carbocycles. The lowest BCUT2D eigenvalue weighted by molar-refractivity contribution is 0.0928. The van der Waals surface area contributed by atoms with E-state index in [9.17, 15) is 13.2 Å². The van der Waals surface area contributed by atoms with Gasteiger partial charge < -0.3 is 9.73 Å². The summed E-state index contributed by atoms with van der Waals surface area (Å²) in [6.45, 7) is 0.282. The maximum absolute atomic E-state index is 12.1. The van der Waals surface area contributed by atoms with Gasteiger partial charge in [0, 0.05) is 11.9 Å². The molecule has 0 aliphatic carbocycles. The van der Waals surface area contributed by atoms with Crippen molar-refractivity contribution in [2.75, 3.05) is 12.3 Å². The number of sulfone groups is 1. The monoisotopic (exact) mass is 357 g/mol. The number of amides is 1. The predicted octanol–water partition coefficient (Wildman–Crippen LogP) is 3.17. The summed E-state index contributed by atoms with van der Waals surface area (Å²) in [4.78, 5) is 12.1. The molecule has 6 heteroatoms. The lowest BCUT2D eigenvalue weighted by Gasteiger charge is -2.05. The van der Waals surface area contributed by atoms with E-state index in [1.807, 2.05) is 36.4 Å². The fourth-order valence-electron chi connectivity index (χ4n) is 2.58. The molecule has 0 saturated heterocycles. The van der Waals surface area contributed by atoms with E-state index < -0.39 is 9.84 Å². The van der Waals surface area contributed by atoms with Crippen molar-refractivity contribution in [2.24, 2.45) is 0 Å². The van der Waals surface area contributed by atoms with E-state index in [1.165, 1.54) is 0 Å². The summed E-state index contributed by atoms with van der Waals surface area (Å²) < 4.78 is 29.7. The van der Waals surface area contributed by atoms with Gasteiger partial charge in [-0.1, -0.05) is 48.5 Å². The Hall–Kier alpha value is -2.60. The Morgan fingerprint density at radius 2 is 1.72 bits per heavy atom. The van der Waals surface area contributed by atoms with Crippen molar-refractivity contribution in [3.63, 3.8) is 0 Å². The number of rotatable bonds is 7. The Kier molecular flexibility index (Phi) is 5.19. The second-order valence-electron chi connectivity index (χ2n) is 5.84. The molecule has 130 valence electrons. The van der Waals surface area contributed by atoms with Gasteiger partial charge in [-0.15, -0.1) is 0 Å². The maximum atomic E-state index is 12.1. The normalized spacial score (nSPS) is 11.5. The van der Waals surface area contributed by atoms with E-state index in [0.29, 0.717) is 12.0 Å². The molecular formula is C19H19NO4S. The van der Waals surface area contributed by atoms with Crippen LogP contribution in [-0.2, 0) is 15.6 Å². The first-order chi connectivity index (χ1) is 12.0. The highest BCUT2D eigenvalue weighted by atomic mass is 32.2. The molecule has 0 bridgehead atoms. The molecule has 3 aromatic rings. The first-order valence-electron chi connectivity index (χ1n) is 8.05. The van der Waals surface area contributed by atoms with Crippen LogP contribution in [0.5, 0.6) is 0 Å². The van der Waals surface area contributed by atoms with Gasteiger partial charge in [-0.2, -0.15) is 0 Å². The average molecular weight is 357 g/mol. The zero-order chi connectivity index (χ0) is 17.7. The van der Waals surface area contributed by atoms with Crippen molar-refractivity contribution in [2.45, 2.75) is 12.2 Å². The summed E-state index contributed by atoms with van der Waals surface area (Å²) in [7, 11) is -3.19. The largest absolute Gasteiger partial charge is 0.451 e. The minimum atomic E-state index is -3.19. The second-order valence-corrected chi connectivity index (χ2v) is 8.02. The molecule has 25 heavy (non-hydrogen) atoms. The van der Waals surface area contributed by atoms with Gasteiger partial charge in [0.25, 0.3) is 5.91 Å². The number of para-hydroxylation sites is 1. The SMILES string of the molecule is O=C(NCCCS(=O)(=O)Cc1ccccc1)c1cc2ccccc2o1. The van der Waals surface area contributed by atoms with Gasteiger partial charge in [0.05, 0.1) is 11.5 Å². The van der Waals surface area contributed by atoms with Gasteiger partial charge in [-0.3, -0.25) is 4.79 Å². The summed E-state index contributed by atoms with van der Waals surface area (Å²) in [5, 5.41) is 3.56. The van der Waals surface area contributed by atoms with E-state index in [1.54, 1.807) is 24.3 Å². The zero-order valence-corrected chi connectivity index (χ0v) is 14.5. The standard InChI is InChI=1S/C19H19NO4S/c21-19(18-13-16-9-4-5-10-17(16)24-18)20-11-6-12-25(22,23)14-15-7-2-1-3-8-15/h1-5,7-10,13H,6,11-12,14H2,(H,20,21). The smallest absolute Gasteiger partial charge is 0.287 e. The van der Waals surface area contributed by atoms with Crippen molar-refractivity contribution in [1.82, 2.24) is 5.32 Å². The molecule has 0 aliphatic heterocycles. The van der Waals surface area contributed by atoms with Gasteiger partial charge in [0.2, 0.25) is 0 Å². The summed E-state index contributed by atoms with van der Waals surface area (Å²) in [6.07, 6.45) is 0.362. The zero-order valence-electron chi connectivity index (χ0n) is 13.6. The average Bonchev–Trinajstić information content (AvgIpc) is 3.03. The van der Waals surface area contributed by atoms with Crippen LogP contribution < -0.4 is 5.32 Å². The number of hydrogen-bond acceptors (Lipinski definition) is 4. The molecule has 5 nitrogen and oxygen atoms in total. The highest BCUT2D eigenvalue weighted by molar-refractivity contribution is 7.90. The Morgan fingerprint density at radius 3 is 2.48 bits per heavy atom. The molecule has 0 aliphatic rings. The Bertz CT molecular complexity index is 928. The number of hydrogen-bond donors (Lipinski definition) is 1. The fraction of sp³-hybridized carbons (Fsp3) is 0.211. The van der Waals surface area contributed by atoms with Crippen LogP contribution >= 0.6 is 0 Å². The number of carbonyl (C=O) groups excluding carboxylic acids is 1. The van der Waals surface area contributed by atoms with E-state index in [0.717, 1.165) is 10.9 Å². The Morgan fingerprint density at radius 1 is 1.00 bits per heavy atom. The van der Waals surface area contributed by atoms with Crippen LogP contribution in [0.4, 0.5) is 0 Å². The molecule has 0 spiro atoms. The molecule has 0 unspecified atom stereocenters. The van der Waals surface area contributed by atoms with E-state index >= 15 is 0 Å². The lowest BCUT2D eigenvalue weighted by Crippen LogP contribution is -2.25. The molecule has 0 fully saturated rings. The lowest BCUT2D eigenvalue weighted by atomic mass is 10.2. The minimum Gasteiger partial charge on any atom is -0.451 e. The van der Waals surface area contributed by atoms with Crippen LogP contribution in [0.1, 0.15) is 22.5 Å². The van der Waals surface area contributed by atoms with Crippen molar-refractivity contribution >= 4 is 26.7 Å². The van der Waals surface area contributed by atoms with Gasteiger partial charge in [-0.25, -0.2) is 8.42 Å². The predicted molar refractivity (Wildman–Crippen MR) is 97.1 cm³/mol. The number of fused-ring (bicyclic) bond motifs is 1. The molecule has 1 aromatic heterocycles. The minimum absolute atomic E-state index is 0.0192. The number of nitrogens with one attached hydrogen (secondary N) is 1. The third-order valence-corrected chi connectivity index (χ3v) is 5.48. The number of benzene rings is 2. The molecule has 1 N–H and O–H groups in total. The van der Waals surface area contributed by atoms with Crippen molar-refractivity contribution in [3.8, 4) is 0 Å². The third kappa shape index (κ3) is 4.70. The van der Waals surface area contributed by atoms with Crippen LogP contribution in [0, 0.1) is 0 Å². The summed E-state index contributed by atoms with van der Waals surface area (Å²) in [6, 6.07) is 18.1. The molecule has 3 rings (SSSR count). The summed E-state index contributed by atoms with van der Waals surface area (Å²) >= 11 is 0. The van der Waals surface area contributed by atoms with Gasteiger partial charge in [0.15, 0.2) is 15.6 Å². The summed E-state index contributed by atoms with van der Waals surface area (Å²) in [5.74, 6) is -0.0572. The molecule has 1 amide bonds. The van der Waals surface area contributed by atoms with E-state index in [-0.39, 0.29) is 29.7 Å². The van der Waals surface area contributed by atoms with Crippen LogP contribution in [0.25, 0.3) is 11.0 Å². The number of carbonyl (C=O) groups is 1. The second kappa shape index (κ2) is 7.53. The van der Waals surface area contributed by atoms with Crippen LogP contribution in [-0.4, -0.2) is 26.6 Å². The van der Waals surface area contributed by atoms with Crippen LogP contribution in [0.15, 0.2) is 65.1 Å². The third-order valence-electron chi connectivity index (χ3n) is 3.80. The van der Waals surface area contributed by atoms with Crippen LogP contribution in [0.2, 0.25) is 0 Å². The highest BCUT2D eigenvalue weighted by Gasteiger charge is 2.14. The fourth-order valence-corrected chi connectivity index (χ4v) is 4.00. The molecule has 1 heterocycles. The maximum Gasteiger partial charge on any atom is 0.287 e. The first kappa shape index (κ1) is 17.2. The molecular weight excluding hydrogens is 338 g/mol. The van der Waals surface area contributed by atoms with E-state index in [4.69, 9.17) is 4.42 Å². The molecule has 0 atom stereocenters. The number of furan rings is 1. The van der Waals surface area contributed by atoms with Crippen molar-refractivity contribution < 1.29 is 17.6 Å². The first-order valence-corrected chi connectivity index (χ1v) is 9.87.